The van der Waals surface area contributed by atoms with Crippen LogP contribution in [-0.4, -0.2) is 20.6 Å². The van der Waals surface area contributed by atoms with E-state index in [0.29, 0.717) is 22.7 Å². The van der Waals surface area contributed by atoms with Crippen molar-refractivity contribution < 1.29 is 13.2 Å². The summed E-state index contributed by atoms with van der Waals surface area (Å²) in [6, 6.07) is 13.8. The Morgan fingerprint density at radius 1 is 1.09 bits per heavy atom. The Bertz CT molecular complexity index is 770. The normalized spacial score (nSPS) is 11.2. The Morgan fingerprint density at radius 3 is 2.41 bits per heavy atom. The fourth-order valence-corrected chi connectivity index (χ4v) is 2.90. The lowest BCUT2D eigenvalue weighted by atomic mass is 10.1. The van der Waals surface area contributed by atoms with Crippen LogP contribution in [0.2, 0.25) is 5.02 Å². The predicted octanol–water partition coefficient (Wildman–Crippen LogP) is 2.81. The molecular formula is C16H16ClNO3S. The molecule has 0 heterocycles. The van der Waals surface area contributed by atoms with Crippen molar-refractivity contribution in [1.29, 1.82) is 0 Å². The third-order valence-electron chi connectivity index (χ3n) is 2.98. The van der Waals surface area contributed by atoms with E-state index in [-0.39, 0.29) is 11.7 Å². The number of sulfone groups is 1. The average Bonchev–Trinajstić information content (AvgIpc) is 2.45. The van der Waals surface area contributed by atoms with Gasteiger partial charge in [0.25, 0.3) is 5.91 Å². The number of nitrogens with one attached hydrogen (secondary N) is 1. The maximum atomic E-state index is 12.1. The molecule has 2 rings (SSSR count). The van der Waals surface area contributed by atoms with Gasteiger partial charge in [0.1, 0.15) is 0 Å². The minimum atomic E-state index is -3.12. The van der Waals surface area contributed by atoms with Crippen LogP contribution in [0.3, 0.4) is 0 Å². The van der Waals surface area contributed by atoms with Crippen molar-refractivity contribution in [2.45, 2.75) is 12.3 Å². The van der Waals surface area contributed by atoms with Gasteiger partial charge in [0.15, 0.2) is 9.84 Å². The molecule has 0 unspecified atom stereocenters. The van der Waals surface area contributed by atoms with Crippen LogP contribution in [-0.2, 0) is 22.1 Å². The number of carbonyl (C=O) groups is 1. The standard InChI is InChI=1S/C16H16ClNO3S/c1-22(20,21)11-13-3-2-4-14(9-13)16(19)18-10-12-5-7-15(17)8-6-12/h2-9H,10-11H2,1H3,(H,18,19). The van der Waals surface area contributed by atoms with Gasteiger partial charge in [0.05, 0.1) is 5.75 Å². The van der Waals surface area contributed by atoms with E-state index in [4.69, 9.17) is 11.6 Å². The van der Waals surface area contributed by atoms with E-state index in [1.807, 2.05) is 12.1 Å². The SMILES string of the molecule is CS(=O)(=O)Cc1cccc(C(=O)NCc2ccc(Cl)cc2)c1. The Labute approximate surface area is 135 Å². The third kappa shape index (κ3) is 5.16. The van der Waals surface area contributed by atoms with Gasteiger partial charge in [0.2, 0.25) is 0 Å². The Kier molecular flexibility index (Phi) is 5.21. The highest BCUT2D eigenvalue weighted by Gasteiger charge is 2.09. The summed E-state index contributed by atoms with van der Waals surface area (Å²) in [4.78, 5) is 12.1. The summed E-state index contributed by atoms with van der Waals surface area (Å²) in [5.41, 5.74) is 1.97. The van der Waals surface area contributed by atoms with Gasteiger partial charge in [-0.3, -0.25) is 4.79 Å². The van der Waals surface area contributed by atoms with Crippen molar-refractivity contribution in [2.24, 2.45) is 0 Å². The van der Waals surface area contributed by atoms with Crippen LogP contribution in [0.5, 0.6) is 0 Å². The Hall–Kier alpha value is -1.85. The number of amides is 1. The molecule has 4 nitrogen and oxygen atoms in total. The van der Waals surface area contributed by atoms with E-state index in [9.17, 15) is 13.2 Å². The summed E-state index contributed by atoms with van der Waals surface area (Å²) >= 11 is 5.80. The van der Waals surface area contributed by atoms with Crippen LogP contribution >= 0.6 is 11.6 Å². The molecule has 22 heavy (non-hydrogen) atoms. The molecule has 0 aromatic heterocycles. The smallest absolute Gasteiger partial charge is 0.251 e. The third-order valence-corrected chi connectivity index (χ3v) is 4.09. The van der Waals surface area contributed by atoms with E-state index in [1.165, 1.54) is 6.26 Å². The monoisotopic (exact) mass is 337 g/mol. The van der Waals surface area contributed by atoms with Crippen LogP contribution in [0.25, 0.3) is 0 Å². The first-order valence-electron chi connectivity index (χ1n) is 6.63. The second kappa shape index (κ2) is 6.94. The van der Waals surface area contributed by atoms with Crippen molar-refractivity contribution in [3.63, 3.8) is 0 Å². The number of halogens is 1. The molecule has 0 atom stereocenters. The lowest BCUT2D eigenvalue weighted by molar-refractivity contribution is 0.0951. The highest BCUT2D eigenvalue weighted by Crippen LogP contribution is 2.11. The van der Waals surface area contributed by atoms with E-state index in [0.717, 1.165) is 5.56 Å². The van der Waals surface area contributed by atoms with Gasteiger partial charge in [-0.15, -0.1) is 0 Å². The zero-order valence-corrected chi connectivity index (χ0v) is 13.6. The van der Waals surface area contributed by atoms with Gasteiger partial charge in [-0.05, 0) is 35.4 Å². The predicted molar refractivity (Wildman–Crippen MR) is 87.6 cm³/mol. The minimum Gasteiger partial charge on any atom is -0.348 e. The van der Waals surface area contributed by atoms with Crippen molar-refractivity contribution in [3.8, 4) is 0 Å². The van der Waals surface area contributed by atoms with Crippen LogP contribution in [0, 0.1) is 0 Å². The van der Waals surface area contributed by atoms with Crippen molar-refractivity contribution in [2.75, 3.05) is 6.26 Å². The lowest BCUT2D eigenvalue weighted by Crippen LogP contribution is -2.22. The molecule has 2 aromatic rings. The number of hydrogen-bond acceptors (Lipinski definition) is 3. The highest BCUT2D eigenvalue weighted by molar-refractivity contribution is 7.89. The van der Waals surface area contributed by atoms with E-state index in [1.54, 1.807) is 36.4 Å². The number of rotatable bonds is 5. The molecule has 1 amide bonds. The topological polar surface area (TPSA) is 63.2 Å². The Balaban J connectivity index is 2.03. The van der Waals surface area contributed by atoms with Crippen LogP contribution in [0.1, 0.15) is 21.5 Å². The van der Waals surface area contributed by atoms with E-state index < -0.39 is 9.84 Å². The molecule has 0 bridgehead atoms. The first kappa shape index (κ1) is 16.5. The summed E-state index contributed by atoms with van der Waals surface area (Å²) < 4.78 is 22.6. The molecular weight excluding hydrogens is 322 g/mol. The molecule has 0 aliphatic heterocycles. The second-order valence-corrected chi connectivity index (χ2v) is 7.66. The molecule has 0 saturated carbocycles. The van der Waals surface area contributed by atoms with Crippen molar-refractivity contribution >= 4 is 27.3 Å². The molecule has 1 N–H and O–H groups in total. The molecule has 0 aliphatic rings. The number of benzene rings is 2. The van der Waals surface area contributed by atoms with E-state index >= 15 is 0 Å². The molecule has 116 valence electrons. The van der Waals surface area contributed by atoms with Crippen LogP contribution < -0.4 is 5.32 Å². The summed E-state index contributed by atoms with van der Waals surface area (Å²) in [5, 5.41) is 3.44. The maximum absolute atomic E-state index is 12.1. The van der Waals surface area contributed by atoms with E-state index in [2.05, 4.69) is 5.32 Å². The Morgan fingerprint density at radius 2 is 1.77 bits per heavy atom. The van der Waals surface area contributed by atoms with Gasteiger partial charge in [-0.2, -0.15) is 0 Å². The molecule has 0 fully saturated rings. The number of hydrogen-bond donors (Lipinski definition) is 1. The number of carbonyl (C=O) groups excluding carboxylic acids is 1. The quantitative estimate of drug-likeness (QED) is 0.912. The first-order chi connectivity index (χ1) is 10.3. The highest BCUT2D eigenvalue weighted by atomic mass is 35.5. The first-order valence-corrected chi connectivity index (χ1v) is 9.07. The largest absolute Gasteiger partial charge is 0.348 e. The summed E-state index contributed by atoms with van der Waals surface area (Å²) in [6.07, 6.45) is 1.17. The average molecular weight is 338 g/mol. The van der Waals surface area contributed by atoms with Gasteiger partial charge in [0, 0.05) is 23.4 Å². The molecule has 6 heteroatoms. The van der Waals surface area contributed by atoms with Gasteiger partial charge in [-0.25, -0.2) is 8.42 Å². The van der Waals surface area contributed by atoms with Gasteiger partial charge >= 0.3 is 0 Å². The molecule has 0 aliphatic carbocycles. The van der Waals surface area contributed by atoms with Crippen LogP contribution in [0.4, 0.5) is 0 Å². The molecule has 0 radical (unpaired) electrons. The zero-order valence-electron chi connectivity index (χ0n) is 12.0. The summed E-state index contributed by atoms with van der Waals surface area (Å²) in [6.45, 7) is 0.381. The second-order valence-electron chi connectivity index (χ2n) is 5.08. The minimum absolute atomic E-state index is 0.0781. The van der Waals surface area contributed by atoms with Gasteiger partial charge < -0.3 is 5.32 Å². The lowest BCUT2D eigenvalue weighted by Gasteiger charge is -2.07. The molecule has 0 spiro atoms. The molecule has 2 aromatic carbocycles. The summed E-state index contributed by atoms with van der Waals surface area (Å²) in [5.74, 6) is -0.323. The fraction of sp³-hybridized carbons (Fsp3) is 0.188. The maximum Gasteiger partial charge on any atom is 0.251 e. The van der Waals surface area contributed by atoms with Gasteiger partial charge in [-0.1, -0.05) is 35.9 Å². The zero-order chi connectivity index (χ0) is 16.2. The fourth-order valence-electron chi connectivity index (χ4n) is 1.99. The molecule has 0 saturated heterocycles. The van der Waals surface area contributed by atoms with Crippen molar-refractivity contribution in [3.05, 3.63) is 70.2 Å². The summed E-state index contributed by atoms with van der Waals surface area (Å²) in [7, 11) is -3.12. The van der Waals surface area contributed by atoms with Crippen molar-refractivity contribution in [1.82, 2.24) is 5.32 Å². The van der Waals surface area contributed by atoms with Crippen LogP contribution in [0.15, 0.2) is 48.5 Å².